The van der Waals surface area contributed by atoms with E-state index in [1.165, 1.54) is 11.8 Å². The molecule has 0 aliphatic rings. The van der Waals surface area contributed by atoms with Gasteiger partial charge in [-0.2, -0.15) is 0 Å². The first-order valence-corrected chi connectivity index (χ1v) is 7.23. The lowest BCUT2D eigenvalue weighted by Gasteiger charge is -2.03. The molecule has 0 saturated heterocycles. The molecule has 0 fully saturated rings. The van der Waals surface area contributed by atoms with E-state index >= 15 is 0 Å². The Kier molecular flexibility index (Phi) is 3.83. The Hall–Kier alpha value is -2.40. The zero-order chi connectivity index (χ0) is 14.7. The van der Waals surface area contributed by atoms with Crippen LogP contribution in [0, 0.1) is 0 Å². The molecule has 1 aromatic heterocycles. The van der Waals surface area contributed by atoms with Gasteiger partial charge in [0.15, 0.2) is 0 Å². The quantitative estimate of drug-likeness (QED) is 0.799. The maximum Gasteiger partial charge on any atom is 0.307 e. The van der Waals surface area contributed by atoms with Crippen LogP contribution in [-0.4, -0.2) is 21.0 Å². The third-order valence-corrected chi connectivity index (χ3v) is 3.84. The van der Waals surface area contributed by atoms with Gasteiger partial charge in [0.05, 0.1) is 23.7 Å². The topological polar surface area (TPSA) is 63.1 Å². The maximum absolute atomic E-state index is 10.6. The molecule has 0 saturated carbocycles. The first-order valence-electron chi connectivity index (χ1n) is 6.41. The molecule has 21 heavy (non-hydrogen) atoms. The summed E-state index contributed by atoms with van der Waals surface area (Å²) in [4.78, 5) is 20.6. The number of carboxylic acid groups (broad SMARTS) is 1. The average molecular weight is 296 g/mol. The van der Waals surface area contributed by atoms with E-state index in [0.717, 1.165) is 26.5 Å². The summed E-state index contributed by atoms with van der Waals surface area (Å²) in [6.45, 7) is 0. The van der Waals surface area contributed by atoms with E-state index in [0.29, 0.717) is 0 Å². The second kappa shape index (κ2) is 5.93. The first kappa shape index (κ1) is 13.6. The lowest BCUT2D eigenvalue weighted by Crippen LogP contribution is -1.99. The summed E-state index contributed by atoms with van der Waals surface area (Å²) >= 11 is 1.51. The Labute approximate surface area is 125 Å². The minimum absolute atomic E-state index is 0.0424. The monoisotopic (exact) mass is 296 g/mol. The van der Waals surface area contributed by atoms with Gasteiger partial charge in [0.2, 0.25) is 0 Å². The molecule has 0 aliphatic carbocycles. The molecule has 5 heteroatoms. The molecule has 4 nitrogen and oxygen atoms in total. The smallest absolute Gasteiger partial charge is 0.307 e. The molecular formula is C16H12N2O2S. The highest BCUT2D eigenvalue weighted by atomic mass is 32.2. The zero-order valence-corrected chi connectivity index (χ0v) is 11.9. The van der Waals surface area contributed by atoms with Crippen LogP contribution in [0.1, 0.15) is 5.56 Å². The van der Waals surface area contributed by atoms with Crippen LogP contribution >= 0.6 is 11.8 Å². The van der Waals surface area contributed by atoms with Crippen molar-refractivity contribution in [3.8, 4) is 0 Å². The summed E-state index contributed by atoms with van der Waals surface area (Å²) < 4.78 is 0. The van der Waals surface area contributed by atoms with Gasteiger partial charge in [-0.05, 0) is 29.8 Å². The summed E-state index contributed by atoms with van der Waals surface area (Å²) in [5, 5.41) is 9.57. The minimum atomic E-state index is -0.823. The fourth-order valence-corrected chi connectivity index (χ4v) is 2.72. The van der Waals surface area contributed by atoms with Crippen molar-refractivity contribution in [1.82, 2.24) is 9.97 Å². The van der Waals surface area contributed by atoms with E-state index in [2.05, 4.69) is 9.97 Å². The van der Waals surface area contributed by atoms with E-state index in [-0.39, 0.29) is 6.42 Å². The van der Waals surface area contributed by atoms with E-state index in [1.54, 1.807) is 6.20 Å². The van der Waals surface area contributed by atoms with Gasteiger partial charge in [-0.25, -0.2) is 4.98 Å². The van der Waals surface area contributed by atoms with Crippen LogP contribution in [0.15, 0.2) is 64.6 Å². The molecule has 3 aromatic rings. The second-order valence-corrected chi connectivity index (χ2v) is 5.61. The molecule has 3 rings (SSSR count). The third kappa shape index (κ3) is 3.38. The highest BCUT2D eigenvalue weighted by molar-refractivity contribution is 7.99. The predicted molar refractivity (Wildman–Crippen MR) is 81.4 cm³/mol. The van der Waals surface area contributed by atoms with Gasteiger partial charge in [0.1, 0.15) is 5.03 Å². The Morgan fingerprint density at radius 2 is 1.76 bits per heavy atom. The van der Waals surface area contributed by atoms with Crippen LogP contribution in [0.5, 0.6) is 0 Å². The van der Waals surface area contributed by atoms with Crippen molar-refractivity contribution in [1.29, 1.82) is 0 Å². The molecule has 0 aliphatic heterocycles. The normalized spacial score (nSPS) is 10.7. The van der Waals surface area contributed by atoms with E-state index in [9.17, 15) is 4.79 Å². The fraction of sp³-hybridized carbons (Fsp3) is 0.0625. The Morgan fingerprint density at radius 1 is 1.05 bits per heavy atom. The highest BCUT2D eigenvalue weighted by Crippen LogP contribution is 2.26. The third-order valence-electron chi connectivity index (χ3n) is 2.93. The number of para-hydroxylation sites is 2. The van der Waals surface area contributed by atoms with E-state index in [4.69, 9.17) is 5.11 Å². The number of nitrogens with zero attached hydrogens (tertiary/aromatic N) is 2. The molecule has 0 amide bonds. The maximum atomic E-state index is 10.6. The SMILES string of the molecule is O=C(O)Cc1ccc(Sc2cnc3ccccc3n2)cc1. The number of carboxylic acids is 1. The van der Waals surface area contributed by atoms with Crippen LogP contribution in [0.4, 0.5) is 0 Å². The average Bonchev–Trinajstić information content (AvgIpc) is 2.49. The molecule has 0 unspecified atom stereocenters. The summed E-state index contributed by atoms with van der Waals surface area (Å²) in [7, 11) is 0. The summed E-state index contributed by atoms with van der Waals surface area (Å²) in [6.07, 6.45) is 1.79. The van der Waals surface area contributed by atoms with Gasteiger partial charge >= 0.3 is 5.97 Å². The number of hydrogen-bond acceptors (Lipinski definition) is 4. The van der Waals surface area contributed by atoms with Gasteiger partial charge in [-0.3, -0.25) is 9.78 Å². The van der Waals surface area contributed by atoms with Gasteiger partial charge in [0.25, 0.3) is 0 Å². The van der Waals surface area contributed by atoms with Crippen LogP contribution in [0.3, 0.4) is 0 Å². The predicted octanol–water partition coefficient (Wildman–Crippen LogP) is 3.41. The number of rotatable bonds is 4. The lowest BCUT2D eigenvalue weighted by molar-refractivity contribution is -0.136. The van der Waals surface area contributed by atoms with Crippen molar-refractivity contribution in [2.75, 3.05) is 0 Å². The van der Waals surface area contributed by atoms with Gasteiger partial charge in [-0.1, -0.05) is 36.0 Å². The van der Waals surface area contributed by atoms with Crippen LogP contribution in [0.25, 0.3) is 11.0 Å². The Balaban J connectivity index is 1.79. The zero-order valence-electron chi connectivity index (χ0n) is 11.1. The molecule has 0 spiro atoms. The highest BCUT2D eigenvalue weighted by Gasteiger charge is 2.04. The standard InChI is InChI=1S/C16H12N2O2S/c19-16(20)9-11-5-7-12(8-6-11)21-15-10-17-13-3-1-2-4-14(13)18-15/h1-8,10H,9H2,(H,19,20). The van der Waals surface area contributed by atoms with Crippen molar-refractivity contribution in [3.05, 3.63) is 60.3 Å². The molecule has 0 radical (unpaired) electrons. The van der Waals surface area contributed by atoms with Gasteiger partial charge < -0.3 is 5.11 Å². The van der Waals surface area contributed by atoms with Crippen molar-refractivity contribution in [3.63, 3.8) is 0 Å². The minimum Gasteiger partial charge on any atom is -0.481 e. The number of fused-ring (bicyclic) bond motifs is 1. The fourth-order valence-electron chi connectivity index (χ4n) is 1.96. The van der Waals surface area contributed by atoms with Crippen LogP contribution < -0.4 is 0 Å². The molecule has 1 heterocycles. The Bertz CT molecular complexity index is 788. The van der Waals surface area contributed by atoms with E-state index < -0.39 is 5.97 Å². The largest absolute Gasteiger partial charge is 0.481 e. The molecule has 0 bridgehead atoms. The summed E-state index contributed by atoms with van der Waals surface area (Å²) in [5.41, 5.74) is 2.53. The van der Waals surface area contributed by atoms with Crippen molar-refractivity contribution in [2.45, 2.75) is 16.3 Å². The van der Waals surface area contributed by atoms with E-state index in [1.807, 2.05) is 48.5 Å². The lowest BCUT2D eigenvalue weighted by atomic mass is 10.2. The second-order valence-electron chi connectivity index (χ2n) is 4.51. The van der Waals surface area contributed by atoms with Crippen molar-refractivity contribution in [2.24, 2.45) is 0 Å². The Morgan fingerprint density at radius 3 is 2.48 bits per heavy atom. The number of carbonyl (C=O) groups is 1. The molecule has 1 N–H and O–H groups in total. The number of hydrogen-bond donors (Lipinski definition) is 1. The van der Waals surface area contributed by atoms with Crippen molar-refractivity contribution < 1.29 is 9.90 Å². The molecular weight excluding hydrogens is 284 g/mol. The molecule has 0 atom stereocenters. The summed E-state index contributed by atoms with van der Waals surface area (Å²) in [5.74, 6) is -0.823. The first-order chi connectivity index (χ1) is 10.2. The molecule has 104 valence electrons. The number of aromatic nitrogens is 2. The van der Waals surface area contributed by atoms with Crippen molar-refractivity contribution >= 4 is 28.8 Å². The number of benzene rings is 2. The number of aliphatic carboxylic acids is 1. The molecule has 2 aromatic carbocycles. The summed E-state index contributed by atoms with van der Waals surface area (Å²) in [6, 6.07) is 15.2. The van der Waals surface area contributed by atoms with Gasteiger partial charge in [0, 0.05) is 4.90 Å². The van der Waals surface area contributed by atoms with Crippen LogP contribution in [-0.2, 0) is 11.2 Å². The van der Waals surface area contributed by atoms with Gasteiger partial charge in [-0.15, -0.1) is 0 Å². The van der Waals surface area contributed by atoms with Crippen LogP contribution in [0.2, 0.25) is 0 Å².